The summed E-state index contributed by atoms with van der Waals surface area (Å²) in [5, 5.41) is 0.733. The van der Waals surface area contributed by atoms with Gasteiger partial charge in [-0.2, -0.15) is 0 Å². The van der Waals surface area contributed by atoms with E-state index in [1.54, 1.807) is 31.2 Å². The van der Waals surface area contributed by atoms with Gasteiger partial charge in [0.25, 0.3) is 11.8 Å². The molecule has 4 rings (SSSR count). The number of esters is 1. The van der Waals surface area contributed by atoms with E-state index in [9.17, 15) is 14.4 Å². The summed E-state index contributed by atoms with van der Waals surface area (Å²) >= 11 is 1.38. The van der Waals surface area contributed by atoms with Crippen molar-refractivity contribution >= 4 is 29.1 Å². The number of rotatable bonds is 6. The molecule has 0 spiro atoms. The SMILES string of the molecule is CCOC(=O)Cc1sc(-c2ccccc2)nc1CN1C(=O)c2ccccc2C1=O. The van der Waals surface area contributed by atoms with Gasteiger partial charge in [-0.25, -0.2) is 4.98 Å². The van der Waals surface area contributed by atoms with Crippen molar-refractivity contribution in [3.63, 3.8) is 0 Å². The van der Waals surface area contributed by atoms with Crippen LogP contribution in [0.25, 0.3) is 10.6 Å². The number of thiazole rings is 1. The first kappa shape index (κ1) is 19.0. The smallest absolute Gasteiger partial charge is 0.311 e. The molecule has 2 heterocycles. The standard InChI is InChI=1S/C22H18N2O4S/c1-2-28-19(25)12-18-17(23-20(29-18)14-8-4-3-5-9-14)13-24-21(26)15-10-6-7-11-16(15)22(24)27/h3-11H,2,12-13H2,1H3. The van der Waals surface area contributed by atoms with E-state index in [1.165, 1.54) is 16.2 Å². The average Bonchev–Trinajstić information content (AvgIpc) is 3.24. The summed E-state index contributed by atoms with van der Waals surface area (Å²) in [5.41, 5.74) is 2.23. The topological polar surface area (TPSA) is 76.6 Å². The minimum Gasteiger partial charge on any atom is -0.466 e. The number of amides is 2. The van der Waals surface area contributed by atoms with E-state index in [4.69, 9.17) is 4.74 Å². The van der Waals surface area contributed by atoms with Crippen LogP contribution < -0.4 is 0 Å². The van der Waals surface area contributed by atoms with Crippen LogP contribution in [0.1, 0.15) is 38.2 Å². The molecule has 0 saturated heterocycles. The number of aromatic nitrogens is 1. The van der Waals surface area contributed by atoms with Crippen molar-refractivity contribution in [2.75, 3.05) is 6.61 Å². The van der Waals surface area contributed by atoms with Crippen LogP contribution in [-0.2, 0) is 22.5 Å². The molecule has 0 atom stereocenters. The molecule has 1 aromatic heterocycles. The Morgan fingerprint density at radius 1 is 1.00 bits per heavy atom. The number of hydrogen-bond donors (Lipinski definition) is 0. The second kappa shape index (κ2) is 7.97. The molecule has 0 aliphatic carbocycles. The van der Waals surface area contributed by atoms with Crippen LogP contribution in [0, 0.1) is 0 Å². The molecule has 0 fully saturated rings. The lowest BCUT2D eigenvalue weighted by Crippen LogP contribution is -2.29. The van der Waals surface area contributed by atoms with Gasteiger partial charge in [0.05, 0.1) is 36.4 Å². The van der Waals surface area contributed by atoms with Crippen molar-refractivity contribution in [2.45, 2.75) is 19.9 Å². The Balaban J connectivity index is 1.67. The lowest BCUT2D eigenvalue weighted by Gasteiger charge is -2.13. The first-order valence-corrected chi connectivity index (χ1v) is 10.0. The minimum absolute atomic E-state index is 0.0183. The Kier molecular flexibility index (Phi) is 5.22. The first-order valence-electron chi connectivity index (χ1n) is 9.23. The average molecular weight is 406 g/mol. The Morgan fingerprint density at radius 2 is 1.62 bits per heavy atom. The molecule has 0 N–H and O–H groups in total. The van der Waals surface area contributed by atoms with Crippen molar-refractivity contribution in [1.82, 2.24) is 9.88 Å². The molecule has 1 aliphatic rings. The maximum absolute atomic E-state index is 12.7. The maximum atomic E-state index is 12.7. The summed E-state index contributed by atoms with van der Waals surface area (Å²) in [5.74, 6) is -1.05. The van der Waals surface area contributed by atoms with Gasteiger partial charge in [0.1, 0.15) is 5.01 Å². The molecule has 2 aromatic carbocycles. The summed E-state index contributed by atoms with van der Waals surface area (Å²) in [6.07, 6.45) is 0.0524. The predicted octanol–water partition coefficient (Wildman–Crippen LogP) is 3.71. The molecule has 0 unspecified atom stereocenters. The first-order chi connectivity index (χ1) is 14.1. The quantitative estimate of drug-likeness (QED) is 0.461. The van der Waals surface area contributed by atoms with Crippen molar-refractivity contribution in [1.29, 1.82) is 0 Å². The van der Waals surface area contributed by atoms with E-state index in [0.717, 1.165) is 10.6 Å². The van der Waals surface area contributed by atoms with Crippen LogP contribution in [0.3, 0.4) is 0 Å². The number of ether oxygens (including phenoxy) is 1. The van der Waals surface area contributed by atoms with E-state index in [2.05, 4.69) is 4.98 Å². The number of fused-ring (bicyclic) bond motifs is 1. The van der Waals surface area contributed by atoms with Gasteiger partial charge in [0, 0.05) is 10.4 Å². The highest BCUT2D eigenvalue weighted by Crippen LogP contribution is 2.31. The number of imide groups is 1. The van der Waals surface area contributed by atoms with E-state index < -0.39 is 0 Å². The van der Waals surface area contributed by atoms with Crippen molar-refractivity contribution < 1.29 is 19.1 Å². The van der Waals surface area contributed by atoms with Gasteiger partial charge in [-0.1, -0.05) is 42.5 Å². The molecule has 29 heavy (non-hydrogen) atoms. The third kappa shape index (κ3) is 3.69. The van der Waals surface area contributed by atoms with Gasteiger partial charge in [-0.15, -0.1) is 11.3 Å². The lowest BCUT2D eigenvalue weighted by atomic mass is 10.1. The zero-order valence-electron chi connectivity index (χ0n) is 15.8. The predicted molar refractivity (Wildman–Crippen MR) is 109 cm³/mol. The summed E-state index contributed by atoms with van der Waals surface area (Å²) in [6.45, 7) is 2.06. The van der Waals surface area contributed by atoms with Gasteiger partial charge in [0.2, 0.25) is 0 Å². The fourth-order valence-corrected chi connectivity index (χ4v) is 4.29. The van der Waals surface area contributed by atoms with Crippen molar-refractivity contribution in [3.8, 4) is 10.6 Å². The summed E-state index contributed by atoms with van der Waals surface area (Å²) in [4.78, 5) is 44.0. The highest BCUT2D eigenvalue weighted by Gasteiger charge is 2.36. The fourth-order valence-electron chi connectivity index (χ4n) is 3.22. The fraction of sp³-hybridized carbons (Fsp3) is 0.182. The third-order valence-electron chi connectivity index (χ3n) is 4.60. The van der Waals surface area contributed by atoms with E-state index in [0.29, 0.717) is 21.7 Å². The Morgan fingerprint density at radius 3 is 2.24 bits per heavy atom. The summed E-state index contributed by atoms with van der Waals surface area (Å²) < 4.78 is 5.07. The zero-order valence-corrected chi connectivity index (χ0v) is 16.6. The lowest BCUT2D eigenvalue weighted by molar-refractivity contribution is -0.142. The van der Waals surface area contributed by atoms with Crippen molar-refractivity contribution in [2.24, 2.45) is 0 Å². The summed E-state index contributed by atoms with van der Waals surface area (Å²) in [6, 6.07) is 16.3. The molecule has 3 aromatic rings. The monoisotopic (exact) mass is 406 g/mol. The van der Waals surface area contributed by atoms with Crippen LogP contribution >= 0.6 is 11.3 Å². The Labute approximate surface area is 171 Å². The van der Waals surface area contributed by atoms with Gasteiger partial charge >= 0.3 is 5.97 Å². The van der Waals surface area contributed by atoms with E-state index >= 15 is 0 Å². The van der Waals surface area contributed by atoms with Gasteiger partial charge in [0.15, 0.2) is 0 Å². The second-order valence-electron chi connectivity index (χ2n) is 6.48. The van der Waals surface area contributed by atoms with Gasteiger partial charge in [-0.3, -0.25) is 19.3 Å². The number of nitrogens with zero attached hydrogens (tertiary/aromatic N) is 2. The molecule has 0 bridgehead atoms. The molecule has 7 heteroatoms. The molecule has 1 aliphatic heterocycles. The number of hydrogen-bond acceptors (Lipinski definition) is 6. The number of benzene rings is 2. The highest BCUT2D eigenvalue weighted by molar-refractivity contribution is 7.15. The Bertz CT molecular complexity index is 1060. The third-order valence-corrected chi connectivity index (χ3v) is 5.74. The van der Waals surface area contributed by atoms with Crippen molar-refractivity contribution in [3.05, 3.63) is 76.3 Å². The molecule has 146 valence electrons. The molecule has 6 nitrogen and oxygen atoms in total. The van der Waals surface area contributed by atoms with Gasteiger partial charge in [-0.05, 0) is 19.1 Å². The largest absolute Gasteiger partial charge is 0.466 e. The molecule has 0 saturated carbocycles. The van der Waals surface area contributed by atoms with Crippen LogP contribution in [0.15, 0.2) is 54.6 Å². The second-order valence-corrected chi connectivity index (χ2v) is 7.56. The molecular formula is C22H18N2O4S. The van der Waals surface area contributed by atoms with Gasteiger partial charge < -0.3 is 4.74 Å². The number of carbonyl (C=O) groups excluding carboxylic acids is 3. The summed E-state index contributed by atoms with van der Waals surface area (Å²) in [7, 11) is 0. The van der Waals surface area contributed by atoms with Crippen LogP contribution in [-0.4, -0.2) is 34.3 Å². The minimum atomic E-state index is -0.362. The maximum Gasteiger partial charge on any atom is 0.311 e. The van der Waals surface area contributed by atoms with Crippen LogP contribution in [0.4, 0.5) is 0 Å². The molecule has 2 amide bonds. The normalized spacial score (nSPS) is 12.9. The number of carbonyl (C=O) groups is 3. The van der Waals surface area contributed by atoms with Crippen LogP contribution in [0.5, 0.6) is 0 Å². The van der Waals surface area contributed by atoms with E-state index in [1.807, 2.05) is 30.3 Å². The highest BCUT2D eigenvalue weighted by atomic mass is 32.1. The zero-order chi connectivity index (χ0) is 20.4. The molecular weight excluding hydrogens is 388 g/mol. The Hall–Kier alpha value is -3.32. The van der Waals surface area contributed by atoms with Crippen LogP contribution in [0.2, 0.25) is 0 Å². The molecule has 0 radical (unpaired) electrons. The van der Waals surface area contributed by atoms with E-state index in [-0.39, 0.29) is 37.4 Å².